The van der Waals surface area contributed by atoms with Gasteiger partial charge in [0, 0.05) is 5.56 Å². The molecule has 0 saturated carbocycles. The summed E-state index contributed by atoms with van der Waals surface area (Å²) in [6.07, 6.45) is 0. The van der Waals surface area contributed by atoms with Gasteiger partial charge in [0.25, 0.3) is 0 Å². The van der Waals surface area contributed by atoms with E-state index >= 15 is 0 Å². The fourth-order valence-corrected chi connectivity index (χ4v) is 1.63. The van der Waals surface area contributed by atoms with E-state index in [1.807, 2.05) is 0 Å². The molecule has 0 atom stereocenters. The second-order valence-corrected chi connectivity index (χ2v) is 3.58. The number of hydrogen-bond donors (Lipinski definition) is 1. The van der Waals surface area contributed by atoms with Crippen LogP contribution in [0.15, 0.2) is 29.1 Å². The maximum absolute atomic E-state index is 11.5. The van der Waals surface area contributed by atoms with Gasteiger partial charge in [-0.3, -0.25) is 0 Å². The van der Waals surface area contributed by atoms with Crippen molar-refractivity contribution in [2.75, 3.05) is 7.11 Å². The molecule has 90 valence electrons. The molecule has 0 aliphatic heterocycles. The van der Waals surface area contributed by atoms with Crippen molar-refractivity contribution in [2.24, 2.45) is 5.18 Å². The topological polar surface area (TPSA) is 76.0 Å². The van der Waals surface area contributed by atoms with Gasteiger partial charge in [0.05, 0.1) is 12.1 Å². The summed E-state index contributed by atoms with van der Waals surface area (Å²) in [7, 11) is 1.16. The van der Waals surface area contributed by atoms with Crippen LogP contribution >= 0.6 is 11.6 Å². The van der Waals surface area contributed by atoms with Crippen LogP contribution in [0, 0.1) is 4.91 Å². The number of carbonyl (C=O) groups is 1. The van der Waals surface area contributed by atoms with E-state index < -0.39 is 5.97 Å². The lowest BCUT2D eigenvalue weighted by atomic mass is 10.0. The standard InChI is InChI=1S/C11H10ClNO4/c1-6(14)9(11(15)17-2)10-7(12)4-3-5-8(10)13-16/h3-5,14H,1-2H3/b9-6+. The number of halogens is 1. The summed E-state index contributed by atoms with van der Waals surface area (Å²) in [6.45, 7) is 1.30. The summed E-state index contributed by atoms with van der Waals surface area (Å²) in [6, 6.07) is 4.39. The minimum atomic E-state index is -0.789. The fraction of sp³-hybridized carbons (Fsp3) is 0.182. The molecular formula is C11H10ClNO4. The first kappa shape index (κ1) is 13.2. The SMILES string of the molecule is COC(=O)/C(=C(\C)O)c1c(Cl)cccc1N=O. The van der Waals surface area contributed by atoms with E-state index in [0.717, 1.165) is 7.11 Å². The summed E-state index contributed by atoms with van der Waals surface area (Å²) in [4.78, 5) is 22.2. The number of methoxy groups -OCH3 is 1. The number of benzene rings is 1. The highest BCUT2D eigenvalue weighted by atomic mass is 35.5. The highest BCUT2D eigenvalue weighted by molar-refractivity contribution is 6.35. The summed E-state index contributed by atoms with van der Waals surface area (Å²) < 4.78 is 4.52. The van der Waals surface area contributed by atoms with Crippen molar-refractivity contribution < 1.29 is 14.6 Å². The molecule has 0 unspecified atom stereocenters. The molecule has 0 heterocycles. The van der Waals surface area contributed by atoms with E-state index in [4.69, 9.17) is 11.6 Å². The van der Waals surface area contributed by atoms with Gasteiger partial charge >= 0.3 is 5.97 Å². The normalized spacial score (nSPS) is 11.7. The van der Waals surface area contributed by atoms with Gasteiger partial charge in [-0.2, -0.15) is 0 Å². The average Bonchev–Trinajstić information content (AvgIpc) is 2.30. The number of allylic oxidation sites excluding steroid dienone is 1. The van der Waals surface area contributed by atoms with Crippen LogP contribution in [0.3, 0.4) is 0 Å². The lowest BCUT2D eigenvalue weighted by Gasteiger charge is -2.10. The molecule has 1 aromatic carbocycles. The van der Waals surface area contributed by atoms with E-state index in [9.17, 15) is 14.8 Å². The van der Waals surface area contributed by atoms with Gasteiger partial charge in [0.1, 0.15) is 17.0 Å². The largest absolute Gasteiger partial charge is 0.512 e. The first-order valence-electron chi connectivity index (χ1n) is 4.63. The number of esters is 1. The molecule has 17 heavy (non-hydrogen) atoms. The number of aliphatic hydroxyl groups is 1. The quantitative estimate of drug-likeness (QED) is 0.389. The van der Waals surface area contributed by atoms with Crippen LogP contribution in [0.4, 0.5) is 5.69 Å². The molecule has 1 rings (SSSR count). The predicted molar refractivity (Wildman–Crippen MR) is 64.1 cm³/mol. The summed E-state index contributed by atoms with van der Waals surface area (Å²) in [5.74, 6) is -1.09. The molecule has 0 spiro atoms. The van der Waals surface area contributed by atoms with Crippen molar-refractivity contribution in [3.63, 3.8) is 0 Å². The third kappa shape index (κ3) is 2.62. The number of rotatable bonds is 3. The average molecular weight is 256 g/mol. The molecule has 1 N–H and O–H groups in total. The Morgan fingerprint density at radius 2 is 2.12 bits per heavy atom. The molecule has 0 radical (unpaired) electrons. The highest BCUT2D eigenvalue weighted by Gasteiger charge is 2.22. The smallest absolute Gasteiger partial charge is 0.342 e. The molecule has 0 saturated heterocycles. The van der Waals surface area contributed by atoms with E-state index in [2.05, 4.69) is 9.91 Å². The Morgan fingerprint density at radius 3 is 2.59 bits per heavy atom. The molecule has 0 bridgehead atoms. The third-order valence-corrected chi connectivity index (χ3v) is 2.41. The Hall–Kier alpha value is -1.88. The molecular weight excluding hydrogens is 246 g/mol. The second-order valence-electron chi connectivity index (χ2n) is 3.18. The minimum Gasteiger partial charge on any atom is -0.512 e. The molecule has 5 nitrogen and oxygen atoms in total. The number of nitroso groups, excluding NO2 is 1. The first-order chi connectivity index (χ1) is 8.02. The number of nitrogens with zero attached hydrogens (tertiary/aromatic N) is 1. The zero-order valence-corrected chi connectivity index (χ0v) is 9.99. The molecule has 0 amide bonds. The number of aliphatic hydroxyl groups excluding tert-OH is 1. The van der Waals surface area contributed by atoms with Crippen molar-refractivity contribution in [1.29, 1.82) is 0 Å². The van der Waals surface area contributed by atoms with Crippen molar-refractivity contribution in [1.82, 2.24) is 0 Å². The zero-order chi connectivity index (χ0) is 13.0. The maximum Gasteiger partial charge on any atom is 0.342 e. The maximum atomic E-state index is 11.5. The summed E-state index contributed by atoms with van der Waals surface area (Å²) in [5.41, 5.74) is -0.144. The van der Waals surface area contributed by atoms with Crippen molar-refractivity contribution in [3.8, 4) is 0 Å². The molecule has 1 aromatic rings. The number of carbonyl (C=O) groups excluding carboxylic acids is 1. The Labute approximate surface area is 103 Å². The third-order valence-electron chi connectivity index (χ3n) is 2.09. The molecule has 0 aliphatic carbocycles. The number of ether oxygens (including phenoxy) is 1. The van der Waals surface area contributed by atoms with Crippen LogP contribution in [0.2, 0.25) is 5.02 Å². The van der Waals surface area contributed by atoms with Crippen LogP contribution in [-0.2, 0) is 9.53 Å². The van der Waals surface area contributed by atoms with Gasteiger partial charge in [-0.25, -0.2) is 4.79 Å². The van der Waals surface area contributed by atoms with E-state index in [1.165, 1.54) is 25.1 Å². The van der Waals surface area contributed by atoms with Gasteiger partial charge in [-0.05, 0) is 24.2 Å². The van der Waals surface area contributed by atoms with E-state index in [-0.39, 0.29) is 27.6 Å². The minimum absolute atomic E-state index is 0.0358. The van der Waals surface area contributed by atoms with E-state index in [1.54, 1.807) is 0 Å². The van der Waals surface area contributed by atoms with Gasteiger partial charge in [-0.1, -0.05) is 17.7 Å². The van der Waals surface area contributed by atoms with Gasteiger partial charge < -0.3 is 9.84 Å². The Morgan fingerprint density at radius 1 is 1.47 bits per heavy atom. The molecule has 0 aliphatic rings. The van der Waals surface area contributed by atoms with Crippen LogP contribution < -0.4 is 0 Å². The van der Waals surface area contributed by atoms with Gasteiger partial charge in [0.15, 0.2) is 0 Å². The van der Waals surface area contributed by atoms with Crippen LogP contribution in [-0.4, -0.2) is 18.2 Å². The Balaban J connectivity index is 3.55. The molecule has 0 aromatic heterocycles. The van der Waals surface area contributed by atoms with Gasteiger partial charge in [0.2, 0.25) is 0 Å². The summed E-state index contributed by atoms with van der Waals surface area (Å²) in [5, 5.41) is 12.4. The van der Waals surface area contributed by atoms with Crippen LogP contribution in [0.1, 0.15) is 12.5 Å². The zero-order valence-electron chi connectivity index (χ0n) is 9.23. The monoisotopic (exact) mass is 255 g/mol. The first-order valence-corrected chi connectivity index (χ1v) is 5.01. The Bertz CT molecular complexity index is 492. The van der Waals surface area contributed by atoms with Crippen molar-refractivity contribution in [3.05, 3.63) is 39.5 Å². The van der Waals surface area contributed by atoms with E-state index in [0.29, 0.717) is 0 Å². The van der Waals surface area contributed by atoms with Gasteiger partial charge in [-0.15, -0.1) is 4.91 Å². The van der Waals surface area contributed by atoms with Crippen LogP contribution in [0.25, 0.3) is 5.57 Å². The lowest BCUT2D eigenvalue weighted by Crippen LogP contribution is -2.07. The van der Waals surface area contributed by atoms with Crippen molar-refractivity contribution >= 4 is 28.8 Å². The second kappa shape index (κ2) is 5.45. The Kier molecular flexibility index (Phi) is 4.23. The summed E-state index contributed by atoms with van der Waals surface area (Å²) >= 11 is 5.90. The molecule has 6 heteroatoms. The fourth-order valence-electron chi connectivity index (χ4n) is 1.37. The lowest BCUT2D eigenvalue weighted by molar-refractivity contribution is -0.133. The predicted octanol–water partition coefficient (Wildman–Crippen LogP) is 3.20. The number of hydrogen-bond acceptors (Lipinski definition) is 5. The van der Waals surface area contributed by atoms with Crippen molar-refractivity contribution in [2.45, 2.75) is 6.92 Å². The van der Waals surface area contributed by atoms with Crippen LogP contribution in [0.5, 0.6) is 0 Å². The highest BCUT2D eigenvalue weighted by Crippen LogP contribution is 2.34. The molecule has 0 fully saturated rings.